The van der Waals surface area contributed by atoms with Crippen LogP contribution < -0.4 is 5.73 Å². The lowest BCUT2D eigenvalue weighted by Gasteiger charge is -2.24. The molecule has 0 spiro atoms. The van der Waals surface area contributed by atoms with Crippen LogP contribution in [0.2, 0.25) is 0 Å². The van der Waals surface area contributed by atoms with Crippen molar-refractivity contribution in [1.82, 2.24) is 9.80 Å². The van der Waals surface area contributed by atoms with Crippen LogP contribution in [-0.2, 0) is 0 Å². The van der Waals surface area contributed by atoms with Gasteiger partial charge in [-0.15, -0.1) is 0 Å². The summed E-state index contributed by atoms with van der Waals surface area (Å²) in [6, 6.07) is 0. The summed E-state index contributed by atoms with van der Waals surface area (Å²) in [5.74, 6) is 0.848. The molecule has 108 valence electrons. The molecule has 1 heterocycles. The molecule has 0 radical (unpaired) electrons. The third-order valence-corrected chi connectivity index (χ3v) is 4.13. The van der Waals surface area contributed by atoms with Crippen molar-refractivity contribution in [3.8, 4) is 0 Å². The van der Waals surface area contributed by atoms with Crippen molar-refractivity contribution in [2.75, 3.05) is 45.8 Å². The monoisotopic (exact) mass is 255 g/mol. The molecule has 1 aliphatic rings. The second kappa shape index (κ2) is 9.76. The van der Waals surface area contributed by atoms with Gasteiger partial charge in [-0.05, 0) is 51.4 Å². The fourth-order valence-corrected chi connectivity index (χ4v) is 2.66. The van der Waals surface area contributed by atoms with E-state index in [4.69, 9.17) is 5.73 Å². The lowest BCUT2D eigenvalue weighted by molar-refractivity contribution is 0.229. The Morgan fingerprint density at radius 3 is 2.44 bits per heavy atom. The fourth-order valence-electron chi connectivity index (χ4n) is 2.66. The van der Waals surface area contributed by atoms with Gasteiger partial charge in [-0.3, -0.25) is 0 Å². The highest BCUT2D eigenvalue weighted by Gasteiger charge is 2.15. The average Bonchev–Trinajstić information content (AvgIpc) is 2.60. The van der Waals surface area contributed by atoms with Crippen molar-refractivity contribution < 1.29 is 0 Å². The maximum absolute atomic E-state index is 5.53. The van der Waals surface area contributed by atoms with E-state index in [1.807, 2.05) is 0 Å². The summed E-state index contributed by atoms with van der Waals surface area (Å²) in [5.41, 5.74) is 5.53. The molecule has 3 nitrogen and oxygen atoms in total. The van der Waals surface area contributed by atoms with Gasteiger partial charge in [0.1, 0.15) is 0 Å². The molecule has 3 heteroatoms. The number of rotatable bonds is 8. The molecule has 0 saturated carbocycles. The summed E-state index contributed by atoms with van der Waals surface area (Å²) in [7, 11) is 0. The van der Waals surface area contributed by atoms with Gasteiger partial charge in [0.25, 0.3) is 0 Å². The third-order valence-electron chi connectivity index (χ3n) is 4.13. The van der Waals surface area contributed by atoms with Crippen LogP contribution in [0, 0.1) is 5.92 Å². The van der Waals surface area contributed by atoms with Crippen LogP contribution in [0.25, 0.3) is 0 Å². The predicted octanol–water partition coefficient (Wildman–Crippen LogP) is 2.17. The molecule has 1 saturated heterocycles. The number of hydrogen-bond acceptors (Lipinski definition) is 3. The number of nitrogens with two attached hydrogens (primary N) is 1. The van der Waals surface area contributed by atoms with Crippen LogP contribution in [0.4, 0.5) is 0 Å². The number of unbranched alkanes of at least 4 members (excludes halogenated alkanes) is 2. The Kier molecular flexibility index (Phi) is 8.64. The minimum atomic E-state index is 0.848. The highest BCUT2D eigenvalue weighted by atomic mass is 15.2. The number of hydrogen-bond donors (Lipinski definition) is 1. The molecular weight excluding hydrogens is 222 g/mol. The van der Waals surface area contributed by atoms with E-state index < -0.39 is 0 Å². The Morgan fingerprint density at radius 1 is 1.00 bits per heavy atom. The Morgan fingerprint density at radius 2 is 1.72 bits per heavy atom. The van der Waals surface area contributed by atoms with Crippen LogP contribution in [-0.4, -0.2) is 55.6 Å². The first-order valence-corrected chi connectivity index (χ1v) is 7.91. The van der Waals surface area contributed by atoms with Crippen LogP contribution in [0.3, 0.4) is 0 Å². The molecule has 1 atom stereocenters. The highest BCUT2D eigenvalue weighted by Crippen LogP contribution is 2.09. The van der Waals surface area contributed by atoms with Crippen molar-refractivity contribution in [1.29, 1.82) is 0 Å². The zero-order chi connectivity index (χ0) is 13.2. The van der Waals surface area contributed by atoms with E-state index >= 15 is 0 Å². The molecule has 0 aromatic carbocycles. The van der Waals surface area contributed by atoms with Gasteiger partial charge in [0.2, 0.25) is 0 Å². The van der Waals surface area contributed by atoms with Crippen molar-refractivity contribution in [3.05, 3.63) is 0 Å². The first-order chi connectivity index (χ1) is 8.76. The molecular formula is C15H33N3. The van der Waals surface area contributed by atoms with Crippen molar-refractivity contribution in [2.24, 2.45) is 11.7 Å². The van der Waals surface area contributed by atoms with Crippen LogP contribution in [0.5, 0.6) is 0 Å². The van der Waals surface area contributed by atoms with E-state index in [1.54, 1.807) is 0 Å². The van der Waals surface area contributed by atoms with E-state index in [9.17, 15) is 0 Å². The molecule has 1 fully saturated rings. The molecule has 0 aromatic rings. The fraction of sp³-hybridized carbons (Fsp3) is 1.00. The summed E-state index contributed by atoms with van der Waals surface area (Å²) in [4.78, 5) is 5.31. The minimum Gasteiger partial charge on any atom is -0.330 e. The Balaban J connectivity index is 2.15. The predicted molar refractivity (Wildman–Crippen MR) is 79.9 cm³/mol. The van der Waals surface area contributed by atoms with Crippen LogP contribution in [0.15, 0.2) is 0 Å². The maximum atomic E-state index is 5.53. The molecule has 2 N–H and O–H groups in total. The summed E-state index contributed by atoms with van der Waals surface area (Å²) < 4.78 is 0. The van der Waals surface area contributed by atoms with E-state index in [-0.39, 0.29) is 0 Å². The van der Waals surface area contributed by atoms with Gasteiger partial charge < -0.3 is 15.5 Å². The van der Waals surface area contributed by atoms with Crippen molar-refractivity contribution in [3.63, 3.8) is 0 Å². The lowest BCUT2D eigenvalue weighted by Crippen LogP contribution is -2.33. The average molecular weight is 255 g/mol. The molecule has 0 amide bonds. The van der Waals surface area contributed by atoms with E-state index in [0.717, 1.165) is 12.5 Å². The molecule has 0 bridgehead atoms. The van der Waals surface area contributed by atoms with Gasteiger partial charge in [0, 0.05) is 19.6 Å². The molecule has 0 aliphatic carbocycles. The second-order valence-corrected chi connectivity index (χ2v) is 5.86. The van der Waals surface area contributed by atoms with Gasteiger partial charge in [-0.1, -0.05) is 26.7 Å². The molecule has 0 aromatic heterocycles. The summed E-state index contributed by atoms with van der Waals surface area (Å²) in [6.07, 6.45) is 6.45. The van der Waals surface area contributed by atoms with Gasteiger partial charge in [-0.25, -0.2) is 0 Å². The Hall–Kier alpha value is -0.120. The van der Waals surface area contributed by atoms with Crippen LogP contribution >= 0.6 is 0 Å². The smallest absolute Gasteiger partial charge is 0.0109 e. The largest absolute Gasteiger partial charge is 0.330 e. The highest BCUT2D eigenvalue weighted by molar-refractivity contribution is 4.71. The van der Waals surface area contributed by atoms with Crippen molar-refractivity contribution >= 4 is 0 Å². The SMILES string of the molecule is CCC(C)CN1CCCN(CCCCCN)CC1. The van der Waals surface area contributed by atoms with E-state index in [1.165, 1.54) is 71.4 Å². The van der Waals surface area contributed by atoms with E-state index in [2.05, 4.69) is 23.6 Å². The molecule has 1 aliphatic heterocycles. The zero-order valence-corrected chi connectivity index (χ0v) is 12.5. The maximum Gasteiger partial charge on any atom is 0.0109 e. The number of nitrogens with zero attached hydrogens (tertiary/aromatic N) is 2. The molecule has 18 heavy (non-hydrogen) atoms. The summed E-state index contributed by atoms with van der Waals surface area (Å²) in [6.45, 7) is 13.2. The standard InChI is InChI=1S/C15H33N3/c1-3-15(2)14-18-11-7-10-17(12-13-18)9-6-4-5-8-16/h15H,3-14,16H2,1-2H3. The Bertz CT molecular complexity index is 196. The van der Waals surface area contributed by atoms with Gasteiger partial charge in [0.15, 0.2) is 0 Å². The van der Waals surface area contributed by atoms with E-state index in [0.29, 0.717) is 0 Å². The second-order valence-electron chi connectivity index (χ2n) is 5.86. The topological polar surface area (TPSA) is 32.5 Å². The minimum absolute atomic E-state index is 0.848. The lowest BCUT2D eigenvalue weighted by atomic mass is 10.1. The van der Waals surface area contributed by atoms with Crippen LogP contribution in [0.1, 0.15) is 46.0 Å². The Labute approximate surface area is 114 Å². The van der Waals surface area contributed by atoms with Gasteiger partial charge >= 0.3 is 0 Å². The third kappa shape index (κ3) is 6.72. The normalized spacial score (nSPS) is 20.8. The molecule has 1 unspecified atom stereocenters. The first kappa shape index (κ1) is 15.9. The van der Waals surface area contributed by atoms with Gasteiger partial charge in [-0.2, -0.15) is 0 Å². The summed E-state index contributed by atoms with van der Waals surface area (Å²) >= 11 is 0. The quantitative estimate of drug-likeness (QED) is 0.675. The zero-order valence-electron chi connectivity index (χ0n) is 12.5. The first-order valence-electron chi connectivity index (χ1n) is 7.91. The van der Waals surface area contributed by atoms with Crippen molar-refractivity contribution in [2.45, 2.75) is 46.0 Å². The van der Waals surface area contributed by atoms with Gasteiger partial charge in [0.05, 0.1) is 0 Å². The molecule has 1 rings (SSSR count). The summed E-state index contributed by atoms with van der Waals surface area (Å²) in [5, 5.41) is 0.